The second-order valence-electron chi connectivity index (χ2n) is 7.58. The first-order valence-electron chi connectivity index (χ1n) is 10.8. The summed E-state index contributed by atoms with van der Waals surface area (Å²) < 4.78 is 30.8. The summed E-state index contributed by atoms with van der Waals surface area (Å²) in [5.74, 6) is 1.86. The standard InChI is InChI=1S/C22H25F2N7O2/c1-2-4-18-27-20(16-5-7-17(8-6-16)33-21(23)24)28-31(18)15-19(32)29-11-13-30(14-12-29)22-25-9-3-10-26-22/h3,5-10,21H,2,4,11-15H2,1H3. The molecule has 174 valence electrons. The quantitative estimate of drug-likeness (QED) is 0.514. The number of carbonyl (C=O) groups is 1. The Labute approximate surface area is 190 Å². The molecule has 1 fully saturated rings. The van der Waals surface area contributed by atoms with Crippen molar-refractivity contribution in [3.05, 3.63) is 48.5 Å². The van der Waals surface area contributed by atoms with E-state index >= 15 is 0 Å². The monoisotopic (exact) mass is 457 g/mol. The summed E-state index contributed by atoms with van der Waals surface area (Å²) in [6.45, 7) is 1.72. The molecular weight excluding hydrogens is 432 g/mol. The zero-order chi connectivity index (χ0) is 23.2. The minimum Gasteiger partial charge on any atom is -0.435 e. The zero-order valence-electron chi connectivity index (χ0n) is 18.3. The lowest BCUT2D eigenvalue weighted by Gasteiger charge is -2.34. The normalized spacial score (nSPS) is 14.1. The molecule has 0 spiro atoms. The van der Waals surface area contributed by atoms with Gasteiger partial charge in [-0.2, -0.15) is 13.9 Å². The molecule has 0 saturated carbocycles. The molecule has 0 unspecified atom stereocenters. The van der Waals surface area contributed by atoms with Crippen LogP contribution in [0.3, 0.4) is 0 Å². The van der Waals surface area contributed by atoms with E-state index in [4.69, 9.17) is 0 Å². The van der Waals surface area contributed by atoms with Crippen LogP contribution >= 0.6 is 0 Å². The highest BCUT2D eigenvalue weighted by atomic mass is 19.3. The van der Waals surface area contributed by atoms with E-state index in [1.807, 2.05) is 11.8 Å². The summed E-state index contributed by atoms with van der Waals surface area (Å²) >= 11 is 0. The third-order valence-electron chi connectivity index (χ3n) is 5.31. The SMILES string of the molecule is CCCc1nc(-c2ccc(OC(F)F)cc2)nn1CC(=O)N1CCN(c2ncccn2)CC1. The van der Waals surface area contributed by atoms with E-state index in [1.165, 1.54) is 12.1 Å². The molecule has 1 aromatic carbocycles. The fourth-order valence-electron chi connectivity index (χ4n) is 3.66. The lowest BCUT2D eigenvalue weighted by atomic mass is 10.2. The summed E-state index contributed by atoms with van der Waals surface area (Å²) in [7, 11) is 0. The Morgan fingerprint density at radius 2 is 1.79 bits per heavy atom. The van der Waals surface area contributed by atoms with Crippen molar-refractivity contribution in [1.82, 2.24) is 29.6 Å². The lowest BCUT2D eigenvalue weighted by Crippen LogP contribution is -2.50. The van der Waals surface area contributed by atoms with Gasteiger partial charge in [0.15, 0.2) is 5.82 Å². The number of nitrogens with zero attached hydrogens (tertiary/aromatic N) is 7. The molecule has 1 amide bonds. The topological polar surface area (TPSA) is 89.3 Å². The van der Waals surface area contributed by atoms with Crippen molar-refractivity contribution < 1.29 is 18.3 Å². The van der Waals surface area contributed by atoms with Gasteiger partial charge in [0.1, 0.15) is 18.1 Å². The second-order valence-corrected chi connectivity index (χ2v) is 7.58. The first-order chi connectivity index (χ1) is 16.0. The molecule has 11 heteroatoms. The number of halogens is 2. The molecule has 3 heterocycles. The zero-order valence-corrected chi connectivity index (χ0v) is 18.3. The maximum atomic E-state index is 13.0. The largest absolute Gasteiger partial charge is 0.435 e. The first kappa shape index (κ1) is 22.6. The number of aryl methyl sites for hydroxylation is 1. The fraction of sp³-hybridized carbons (Fsp3) is 0.409. The highest BCUT2D eigenvalue weighted by molar-refractivity contribution is 5.76. The van der Waals surface area contributed by atoms with E-state index < -0.39 is 6.61 Å². The van der Waals surface area contributed by atoms with Gasteiger partial charge in [-0.3, -0.25) is 4.79 Å². The van der Waals surface area contributed by atoms with Crippen LogP contribution in [-0.2, 0) is 17.8 Å². The minimum atomic E-state index is -2.88. The van der Waals surface area contributed by atoms with Crippen molar-refractivity contribution in [3.63, 3.8) is 0 Å². The molecule has 1 aliphatic rings. The van der Waals surface area contributed by atoms with Crippen LogP contribution in [0.2, 0.25) is 0 Å². The van der Waals surface area contributed by atoms with Crippen LogP contribution in [0.4, 0.5) is 14.7 Å². The molecule has 1 saturated heterocycles. The van der Waals surface area contributed by atoms with Gasteiger partial charge < -0.3 is 14.5 Å². The van der Waals surface area contributed by atoms with Gasteiger partial charge in [-0.25, -0.2) is 19.6 Å². The number of anilines is 1. The first-order valence-corrected chi connectivity index (χ1v) is 10.8. The van der Waals surface area contributed by atoms with Crippen LogP contribution in [0, 0.1) is 0 Å². The molecule has 1 aliphatic heterocycles. The predicted molar refractivity (Wildman–Crippen MR) is 117 cm³/mol. The Kier molecular flexibility index (Phi) is 7.06. The summed E-state index contributed by atoms with van der Waals surface area (Å²) in [5.41, 5.74) is 0.664. The Hall–Kier alpha value is -3.63. The molecule has 0 atom stereocenters. The number of carbonyl (C=O) groups excluding carboxylic acids is 1. The second kappa shape index (κ2) is 10.3. The minimum absolute atomic E-state index is 0.0295. The number of piperazine rings is 1. The van der Waals surface area contributed by atoms with E-state index in [0.29, 0.717) is 55.8 Å². The number of alkyl halides is 2. The number of hydrogen-bond acceptors (Lipinski definition) is 7. The Morgan fingerprint density at radius 3 is 2.42 bits per heavy atom. The number of hydrogen-bond donors (Lipinski definition) is 0. The molecular formula is C22H25F2N7O2. The summed E-state index contributed by atoms with van der Waals surface area (Å²) in [6.07, 6.45) is 4.93. The number of aromatic nitrogens is 5. The van der Waals surface area contributed by atoms with E-state index in [1.54, 1.807) is 35.3 Å². The molecule has 0 N–H and O–H groups in total. The van der Waals surface area contributed by atoms with Crippen molar-refractivity contribution in [2.24, 2.45) is 0 Å². The molecule has 3 aromatic rings. The number of rotatable bonds is 8. The highest BCUT2D eigenvalue weighted by Crippen LogP contribution is 2.22. The van der Waals surface area contributed by atoms with Gasteiger partial charge in [0.05, 0.1) is 0 Å². The summed E-state index contributed by atoms with van der Waals surface area (Å²) in [4.78, 5) is 29.9. The molecule has 0 bridgehead atoms. The predicted octanol–water partition coefficient (Wildman–Crippen LogP) is 2.64. The third-order valence-corrected chi connectivity index (χ3v) is 5.31. The fourth-order valence-corrected chi connectivity index (χ4v) is 3.66. The van der Waals surface area contributed by atoms with Crippen LogP contribution in [0.15, 0.2) is 42.7 Å². The number of benzene rings is 1. The maximum absolute atomic E-state index is 13.0. The van der Waals surface area contributed by atoms with Crippen LogP contribution in [0.1, 0.15) is 19.2 Å². The van der Waals surface area contributed by atoms with Gasteiger partial charge >= 0.3 is 6.61 Å². The smallest absolute Gasteiger partial charge is 0.387 e. The maximum Gasteiger partial charge on any atom is 0.387 e. The summed E-state index contributed by atoms with van der Waals surface area (Å²) in [6, 6.07) is 7.92. The van der Waals surface area contributed by atoms with Gasteiger partial charge in [0.25, 0.3) is 0 Å². The van der Waals surface area contributed by atoms with Crippen LogP contribution in [0.25, 0.3) is 11.4 Å². The molecule has 9 nitrogen and oxygen atoms in total. The number of amides is 1. The molecule has 0 aliphatic carbocycles. The van der Waals surface area contributed by atoms with Gasteiger partial charge in [0, 0.05) is 50.6 Å². The summed E-state index contributed by atoms with van der Waals surface area (Å²) in [5, 5.41) is 4.53. The Balaban J connectivity index is 1.42. The van der Waals surface area contributed by atoms with Crippen molar-refractivity contribution in [1.29, 1.82) is 0 Å². The van der Waals surface area contributed by atoms with Gasteiger partial charge in [-0.1, -0.05) is 6.92 Å². The lowest BCUT2D eigenvalue weighted by molar-refractivity contribution is -0.132. The van der Waals surface area contributed by atoms with Crippen LogP contribution in [-0.4, -0.2) is 68.3 Å². The van der Waals surface area contributed by atoms with Crippen molar-refractivity contribution in [2.45, 2.75) is 32.9 Å². The van der Waals surface area contributed by atoms with Gasteiger partial charge in [-0.05, 0) is 36.8 Å². The van der Waals surface area contributed by atoms with E-state index in [0.717, 1.165) is 6.42 Å². The van der Waals surface area contributed by atoms with Gasteiger partial charge in [-0.15, -0.1) is 0 Å². The van der Waals surface area contributed by atoms with E-state index in [9.17, 15) is 13.6 Å². The van der Waals surface area contributed by atoms with Crippen LogP contribution in [0.5, 0.6) is 5.75 Å². The Bertz CT molecular complexity index is 1050. The van der Waals surface area contributed by atoms with Crippen molar-refractivity contribution in [2.75, 3.05) is 31.1 Å². The molecule has 4 rings (SSSR count). The van der Waals surface area contributed by atoms with Crippen LogP contribution < -0.4 is 9.64 Å². The van der Waals surface area contributed by atoms with Gasteiger partial charge in [0.2, 0.25) is 11.9 Å². The highest BCUT2D eigenvalue weighted by Gasteiger charge is 2.24. The van der Waals surface area contributed by atoms with Crippen molar-refractivity contribution >= 4 is 11.9 Å². The average Bonchev–Trinajstić information content (AvgIpc) is 3.22. The average molecular weight is 457 g/mol. The molecule has 0 radical (unpaired) electrons. The van der Waals surface area contributed by atoms with Crippen molar-refractivity contribution in [3.8, 4) is 17.1 Å². The Morgan fingerprint density at radius 1 is 1.09 bits per heavy atom. The molecule has 33 heavy (non-hydrogen) atoms. The van der Waals surface area contributed by atoms with E-state index in [2.05, 4.69) is 29.7 Å². The van der Waals surface area contributed by atoms with E-state index in [-0.39, 0.29) is 18.2 Å². The molecule has 2 aromatic heterocycles. The number of ether oxygens (including phenoxy) is 1. The third kappa shape index (κ3) is 5.60.